The first-order valence-electron chi connectivity index (χ1n) is 8.99. The monoisotopic (exact) mass is 388 g/mol. The molecule has 0 saturated heterocycles. The number of benzene rings is 2. The van der Waals surface area contributed by atoms with Gasteiger partial charge in [-0.2, -0.15) is 0 Å². The average Bonchev–Trinajstić information content (AvgIpc) is 2.89. The molecule has 2 aromatic carbocycles. The topological polar surface area (TPSA) is 6.48 Å². The van der Waals surface area contributed by atoms with Gasteiger partial charge in [0, 0.05) is 33.8 Å². The third kappa shape index (κ3) is 3.33. The predicted octanol–water partition coefficient (Wildman–Crippen LogP) is 7.01. The van der Waals surface area contributed by atoms with E-state index in [1.54, 1.807) is 0 Å². The molecule has 1 heterocycles. The van der Waals surface area contributed by atoms with Crippen LogP contribution in [0.3, 0.4) is 0 Å². The lowest BCUT2D eigenvalue weighted by molar-refractivity contribution is 0.499. The summed E-state index contributed by atoms with van der Waals surface area (Å²) < 4.78 is 0. The molecule has 2 aromatic rings. The Kier molecular flexibility index (Phi) is 5.28. The van der Waals surface area contributed by atoms with Crippen LogP contribution < -0.4 is 9.80 Å². The summed E-state index contributed by atoms with van der Waals surface area (Å²) in [6.07, 6.45) is 4.56. The highest BCUT2D eigenvalue weighted by molar-refractivity contribution is 6.31. The van der Waals surface area contributed by atoms with Gasteiger partial charge in [0.2, 0.25) is 0 Å². The zero-order valence-electron chi connectivity index (χ0n) is 16.3. The molecule has 0 aromatic heterocycles. The number of nitrogens with zero attached hydrogens (tertiary/aromatic N) is 2. The van der Waals surface area contributed by atoms with Gasteiger partial charge in [-0.3, -0.25) is 0 Å². The van der Waals surface area contributed by atoms with Crippen molar-refractivity contribution in [1.29, 1.82) is 0 Å². The predicted molar refractivity (Wildman–Crippen MR) is 115 cm³/mol. The molecule has 1 aliphatic rings. The molecule has 0 amide bonds. The summed E-state index contributed by atoms with van der Waals surface area (Å²) in [5.41, 5.74) is 7.23. The van der Waals surface area contributed by atoms with E-state index in [0.717, 1.165) is 10.0 Å². The molecule has 1 aliphatic heterocycles. The zero-order valence-corrected chi connectivity index (χ0v) is 17.8. The zero-order chi connectivity index (χ0) is 19.2. The van der Waals surface area contributed by atoms with Crippen molar-refractivity contribution < 1.29 is 0 Å². The third-order valence-electron chi connectivity index (χ3n) is 4.98. The fraction of sp³-hybridized carbons (Fsp3) is 0.364. The molecule has 0 bridgehead atoms. The maximum absolute atomic E-state index is 6.25. The maximum atomic E-state index is 6.25. The number of hydrogen-bond acceptors (Lipinski definition) is 2. The summed E-state index contributed by atoms with van der Waals surface area (Å²) in [7, 11) is 0. The van der Waals surface area contributed by atoms with Crippen molar-refractivity contribution in [2.75, 3.05) is 9.80 Å². The first-order chi connectivity index (χ1) is 12.2. The Balaban J connectivity index is 2.10. The fourth-order valence-corrected chi connectivity index (χ4v) is 4.79. The van der Waals surface area contributed by atoms with E-state index in [0.29, 0.717) is 5.92 Å². The van der Waals surface area contributed by atoms with Crippen molar-refractivity contribution in [3.8, 4) is 0 Å². The lowest BCUT2D eigenvalue weighted by atomic mass is 10.0. The van der Waals surface area contributed by atoms with Crippen molar-refractivity contribution in [2.24, 2.45) is 5.92 Å². The Hall–Kier alpha value is -1.64. The van der Waals surface area contributed by atoms with Crippen LogP contribution in [0.1, 0.15) is 36.1 Å². The molecular formula is C22H26Cl2N2. The van der Waals surface area contributed by atoms with Crippen LogP contribution in [0.4, 0.5) is 11.4 Å². The molecule has 138 valence electrons. The Morgan fingerprint density at radius 2 is 1.00 bits per heavy atom. The summed E-state index contributed by atoms with van der Waals surface area (Å²) in [6.45, 7) is 13.0. The van der Waals surface area contributed by atoms with E-state index in [-0.39, 0.29) is 6.17 Å². The van der Waals surface area contributed by atoms with Crippen LogP contribution in [0.15, 0.2) is 36.7 Å². The van der Waals surface area contributed by atoms with E-state index in [4.69, 9.17) is 23.2 Å². The van der Waals surface area contributed by atoms with E-state index >= 15 is 0 Å². The standard InChI is InChI=1S/C22H26Cl2N2/c1-13(2)22-25(20-14(3)9-18(23)10-15(20)4)7-8-26(22)21-16(5)11-19(24)12-17(21)6/h7-13,22H,1-6H3. The van der Waals surface area contributed by atoms with E-state index < -0.39 is 0 Å². The summed E-state index contributed by atoms with van der Waals surface area (Å²) in [4.78, 5) is 4.75. The molecule has 26 heavy (non-hydrogen) atoms. The van der Waals surface area contributed by atoms with Gasteiger partial charge < -0.3 is 9.80 Å². The largest absolute Gasteiger partial charge is 0.325 e. The molecule has 2 nitrogen and oxygen atoms in total. The summed E-state index contributed by atoms with van der Waals surface area (Å²) >= 11 is 12.5. The number of aryl methyl sites for hydroxylation is 4. The maximum Gasteiger partial charge on any atom is 0.112 e. The Bertz CT molecular complexity index is 757. The van der Waals surface area contributed by atoms with Gasteiger partial charge in [0.25, 0.3) is 0 Å². The van der Waals surface area contributed by atoms with Gasteiger partial charge in [-0.1, -0.05) is 37.0 Å². The minimum absolute atomic E-state index is 0.201. The SMILES string of the molecule is Cc1cc(Cl)cc(C)c1N1C=CN(c2c(C)cc(Cl)cc2C)C1C(C)C. The highest BCUT2D eigenvalue weighted by Gasteiger charge is 2.33. The van der Waals surface area contributed by atoms with Crippen molar-refractivity contribution in [3.63, 3.8) is 0 Å². The third-order valence-corrected chi connectivity index (χ3v) is 5.42. The van der Waals surface area contributed by atoms with E-state index in [9.17, 15) is 0 Å². The minimum atomic E-state index is 0.201. The Morgan fingerprint density at radius 1 is 0.692 bits per heavy atom. The Labute approximate surface area is 167 Å². The quantitative estimate of drug-likeness (QED) is 0.557. The molecule has 0 spiro atoms. The number of halogens is 2. The van der Waals surface area contributed by atoms with E-state index in [2.05, 4.69) is 63.7 Å². The van der Waals surface area contributed by atoms with Gasteiger partial charge in [0.1, 0.15) is 6.17 Å². The van der Waals surface area contributed by atoms with Crippen LogP contribution in [-0.2, 0) is 0 Å². The molecule has 0 atom stereocenters. The van der Waals surface area contributed by atoms with Gasteiger partial charge in [-0.15, -0.1) is 0 Å². The van der Waals surface area contributed by atoms with Crippen molar-refractivity contribution >= 4 is 34.6 Å². The first-order valence-corrected chi connectivity index (χ1v) is 9.74. The number of hydrogen-bond donors (Lipinski definition) is 0. The van der Waals surface area contributed by atoms with Crippen LogP contribution in [0, 0.1) is 33.6 Å². The van der Waals surface area contributed by atoms with Crippen LogP contribution in [0.2, 0.25) is 10.0 Å². The molecule has 0 fully saturated rings. The molecule has 0 aliphatic carbocycles. The Morgan fingerprint density at radius 3 is 1.27 bits per heavy atom. The van der Waals surface area contributed by atoms with Crippen molar-refractivity contribution in [1.82, 2.24) is 0 Å². The second-order valence-electron chi connectivity index (χ2n) is 7.55. The normalized spacial score (nSPS) is 14.8. The second kappa shape index (κ2) is 7.17. The molecule has 0 radical (unpaired) electrons. The first kappa shape index (κ1) is 19.1. The highest BCUT2D eigenvalue weighted by Crippen LogP contribution is 2.39. The minimum Gasteiger partial charge on any atom is -0.325 e. The molecule has 0 N–H and O–H groups in total. The van der Waals surface area contributed by atoms with Crippen molar-refractivity contribution in [2.45, 2.75) is 47.7 Å². The second-order valence-corrected chi connectivity index (χ2v) is 8.42. The molecule has 3 rings (SSSR count). The summed E-state index contributed by atoms with van der Waals surface area (Å²) in [6, 6.07) is 8.15. The molecule has 0 unspecified atom stereocenters. The van der Waals surface area contributed by atoms with Crippen LogP contribution in [0.5, 0.6) is 0 Å². The van der Waals surface area contributed by atoms with Crippen LogP contribution in [-0.4, -0.2) is 6.17 Å². The number of anilines is 2. The summed E-state index contributed by atoms with van der Waals surface area (Å²) in [5, 5.41) is 1.57. The van der Waals surface area contributed by atoms with Gasteiger partial charge in [0.15, 0.2) is 0 Å². The fourth-order valence-electron chi connectivity index (χ4n) is 4.13. The molecular weight excluding hydrogens is 363 g/mol. The highest BCUT2D eigenvalue weighted by atomic mass is 35.5. The molecule has 4 heteroatoms. The lowest BCUT2D eigenvalue weighted by Crippen LogP contribution is -2.43. The summed E-state index contributed by atoms with van der Waals surface area (Å²) in [5.74, 6) is 0.425. The smallest absolute Gasteiger partial charge is 0.112 e. The average molecular weight is 389 g/mol. The van der Waals surface area contributed by atoms with Crippen molar-refractivity contribution in [3.05, 3.63) is 69.0 Å². The number of rotatable bonds is 3. The lowest BCUT2D eigenvalue weighted by Gasteiger charge is -2.38. The van der Waals surface area contributed by atoms with Gasteiger partial charge in [0.05, 0.1) is 0 Å². The van der Waals surface area contributed by atoms with Gasteiger partial charge >= 0.3 is 0 Å². The van der Waals surface area contributed by atoms with Gasteiger partial charge in [-0.05, 0) is 80.1 Å². The van der Waals surface area contributed by atoms with E-state index in [1.165, 1.54) is 33.6 Å². The van der Waals surface area contributed by atoms with Crippen LogP contribution >= 0.6 is 23.2 Å². The van der Waals surface area contributed by atoms with Crippen LogP contribution in [0.25, 0.3) is 0 Å². The van der Waals surface area contributed by atoms with Gasteiger partial charge in [-0.25, -0.2) is 0 Å². The molecule has 0 saturated carbocycles. The van der Waals surface area contributed by atoms with E-state index in [1.807, 2.05) is 24.3 Å².